The largest absolute Gasteiger partial charge is 0.381 e. The fraction of sp³-hybridized carbons (Fsp3) is 0.500. The molecular weight excluding hydrogens is 174 g/mol. The van der Waals surface area contributed by atoms with Gasteiger partial charge in [-0.3, -0.25) is 0 Å². The highest BCUT2D eigenvalue weighted by Crippen LogP contribution is 2.25. The Labute approximate surface area is 85.1 Å². The third-order valence-electron chi connectivity index (χ3n) is 2.94. The highest BCUT2D eigenvalue weighted by molar-refractivity contribution is 5.25. The Hall–Kier alpha value is -0.860. The van der Waals surface area contributed by atoms with E-state index in [0.29, 0.717) is 5.92 Å². The number of hydrogen-bond donors (Lipinski definition) is 1. The van der Waals surface area contributed by atoms with E-state index >= 15 is 0 Å². The fourth-order valence-electron chi connectivity index (χ4n) is 1.71. The average Bonchev–Trinajstić information content (AvgIpc) is 2.15. The molecule has 2 heteroatoms. The maximum atomic E-state index is 6.11. The lowest BCUT2D eigenvalue weighted by atomic mass is 9.92. The summed E-state index contributed by atoms with van der Waals surface area (Å²) in [6, 6.07) is 8.75. The maximum absolute atomic E-state index is 6.11. The van der Waals surface area contributed by atoms with Crippen molar-refractivity contribution in [3.63, 3.8) is 0 Å². The van der Waals surface area contributed by atoms with Crippen molar-refractivity contribution in [2.24, 2.45) is 11.7 Å². The summed E-state index contributed by atoms with van der Waals surface area (Å²) in [6.45, 7) is 3.79. The number of aryl methyl sites for hydroxylation is 1. The van der Waals surface area contributed by atoms with Crippen LogP contribution in [0.15, 0.2) is 24.3 Å². The van der Waals surface area contributed by atoms with Crippen LogP contribution < -0.4 is 5.73 Å². The van der Waals surface area contributed by atoms with Gasteiger partial charge in [-0.1, -0.05) is 31.2 Å². The first kappa shape index (κ1) is 9.69. The van der Waals surface area contributed by atoms with Crippen molar-refractivity contribution < 1.29 is 4.74 Å². The van der Waals surface area contributed by atoms with Crippen LogP contribution in [0.1, 0.15) is 24.1 Å². The molecule has 2 nitrogen and oxygen atoms in total. The van der Waals surface area contributed by atoms with Crippen molar-refractivity contribution in [3.05, 3.63) is 35.4 Å². The molecule has 0 spiro atoms. The normalized spacial score (nSPS) is 19.0. The van der Waals surface area contributed by atoms with Gasteiger partial charge in [0.2, 0.25) is 0 Å². The third-order valence-corrected chi connectivity index (χ3v) is 2.94. The molecule has 1 unspecified atom stereocenters. The van der Waals surface area contributed by atoms with E-state index in [1.54, 1.807) is 0 Å². The van der Waals surface area contributed by atoms with Crippen molar-refractivity contribution in [3.8, 4) is 0 Å². The van der Waals surface area contributed by atoms with E-state index in [1.165, 1.54) is 11.1 Å². The summed E-state index contributed by atoms with van der Waals surface area (Å²) >= 11 is 0. The van der Waals surface area contributed by atoms with Gasteiger partial charge in [0.1, 0.15) is 0 Å². The molecule has 0 amide bonds. The van der Waals surface area contributed by atoms with E-state index in [4.69, 9.17) is 10.5 Å². The molecule has 1 aromatic carbocycles. The van der Waals surface area contributed by atoms with Gasteiger partial charge < -0.3 is 10.5 Å². The molecule has 1 aliphatic rings. The molecule has 2 N–H and O–H groups in total. The van der Waals surface area contributed by atoms with Crippen molar-refractivity contribution in [2.45, 2.75) is 19.4 Å². The predicted molar refractivity (Wildman–Crippen MR) is 57.1 cm³/mol. The van der Waals surface area contributed by atoms with Gasteiger partial charge in [-0.2, -0.15) is 0 Å². The summed E-state index contributed by atoms with van der Waals surface area (Å²) in [7, 11) is 0. The second-order valence-corrected chi connectivity index (χ2v) is 3.92. The van der Waals surface area contributed by atoms with Gasteiger partial charge in [0.15, 0.2) is 0 Å². The van der Waals surface area contributed by atoms with Crippen LogP contribution in [0.3, 0.4) is 0 Å². The molecule has 14 heavy (non-hydrogen) atoms. The van der Waals surface area contributed by atoms with Crippen LogP contribution in [0.5, 0.6) is 0 Å². The predicted octanol–water partition coefficient (Wildman–Crippen LogP) is 1.90. The summed E-state index contributed by atoms with van der Waals surface area (Å²) in [6.07, 6.45) is 1.09. The van der Waals surface area contributed by atoms with Crippen LogP contribution in [-0.4, -0.2) is 13.2 Å². The van der Waals surface area contributed by atoms with E-state index < -0.39 is 0 Å². The molecule has 0 bridgehead atoms. The minimum Gasteiger partial charge on any atom is -0.381 e. The standard InChI is InChI=1S/C12H17NO/c1-2-9-3-5-10(6-4-9)12(13)11-7-14-8-11/h3-6,11-12H,2,7-8,13H2,1H3. The topological polar surface area (TPSA) is 35.2 Å². The van der Waals surface area contributed by atoms with Crippen molar-refractivity contribution in [2.75, 3.05) is 13.2 Å². The first-order chi connectivity index (χ1) is 6.81. The fourth-order valence-corrected chi connectivity index (χ4v) is 1.71. The summed E-state index contributed by atoms with van der Waals surface area (Å²) in [5.41, 5.74) is 8.71. The first-order valence-electron chi connectivity index (χ1n) is 5.23. The molecule has 0 radical (unpaired) electrons. The number of nitrogens with two attached hydrogens (primary N) is 1. The van der Waals surface area contributed by atoms with Crippen LogP contribution in [0.4, 0.5) is 0 Å². The van der Waals surface area contributed by atoms with Crippen LogP contribution in [0.2, 0.25) is 0 Å². The molecule has 1 saturated heterocycles. The third kappa shape index (κ3) is 1.81. The smallest absolute Gasteiger partial charge is 0.0534 e. The van der Waals surface area contributed by atoms with E-state index in [0.717, 1.165) is 19.6 Å². The lowest BCUT2D eigenvalue weighted by molar-refractivity contribution is -0.0441. The van der Waals surface area contributed by atoms with Gasteiger partial charge >= 0.3 is 0 Å². The molecule has 1 aromatic rings. The van der Waals surface area contributed by atoms with Crippen molar-refractivity contribution in [1.82, 2.24) is 0 Å². The van der Waals surface area contributed by atoms with Gasteiger partial charge in [-0.05, 0) is 17.5 Å². The molecule has 76 valence electrons. The Morgan fingerprint density at radius 2 is 2.00 bits per heavy atom. The summed E-state index contributed by atoms with van der Waals surface area (Å²) in [4.78, 5) is 0. The maximum Gasteiger partial charge on any atom is 0.0534 e. The van der Waals surface area contributed by atoms with Gasteiger partial charge in [0.25, 0.3) is 0 Å². The Bertz CT molecular complexity index is 290. The minimum atomic E-state index is 0.148. The van der Waals surface area contributed by atoms with Crippen LogP contribution in [0, 0.1) is 5.92 Å². The van der Waals surface area contributed by atoms with Crippen LogP contribution in [-0.2, 0) is 11.2 Å². The quantitative estimate of drug-likeness (QED) is 0.792. The second kappa shape index (κ2) is 4.11. The number of rotatable bonds is 3. The Kier molecular flexibility index (Phi) is 2.85. The van der Waals surface area contributed by atoms with E-state index in [9.17, 15) is 0 Å². The van der Waals surface area contributed by atoms with E-state index in [-0.39, 0.29) is 6.04 Å². The van der Waals surface area contributed by atoms with Gasteiger partial charge in [0, 0.05) is 12.0 Å². The second-order valence-electron chi connectivity index (χ2n) is 3.92. The first-order valence-corrected chi connectivity index (χ1v) is 5.23. The zero-order chi connectivity index (χ0) is 9.97. The lowest BCUT2D eigenvalue weighted by Gasteiger charge is -2.31. The van der Waals surface area contributed by atoms with Crippen molar-refractivity contribution in [1.29, 1.82) is 0 Å². The SMILES string of the molecule is CCc1ccc(C(N)C2COC2)cc1. The molecule has 0 aliphatic carbocycles. The molecule has 0 aromatic heterocycles. The Morgan fingerprint density at radius 1 is 1.36 bits per heavy atom. The molecule has 1 aliphatic heterocycles. The highest BCUT2D eigenvalue weighted by Gasteiger charge is 2.26. The summed E-state index contributed by atoms with van der Waals surface area (Å²) < 4.78 is 5.14. The number of ether oxygens (including phenoxy) is 1. The van der Waals surface area contributed by atoms with Gasteiger partial charge in [-0.25, -0.2) is 0 Å². The zero-order valence-corrected chi connectivity index (χ0v) is 8.57. The summed E-state index contributed by atoms with van der Waals surface area (Å²) in [5.74, 6) is 0.516. The number of hydrogen-bond acceptors (Lipinski definition) is 2. The Morgan fingerprint density at radius 3 is 2.43 bits per heavy atom. The van der Waals surface area contributed by atoms with Gasteiger partial charge in [0.05, 0.1) is 13.2 Å². The molecule has 1 fully saturated rings. The van der Waals surface area contributed by atoms with Crippen molar-refractivity contribution >= 4 is 0 Å². The molecular formula is C12H17NO. The summed E-state index contributed by atoms with van der Waals surface area (Å²) in [5, 5.41) is 0. The minimum absolute atomic E-state index is 0.148. The lowest BCUT2D eigenvalue weighted by Crippen LogP contribution is -2.37. The average molecular weight is 191 g/mol. The van der Waals surface area contributed by atoms with E-state index in [1.807, 2.05) is 0 Å². The Balaban J connectivity index is 2.07. The van der Waals surface area contributed by atoms with E-state index in [2.05, 4.69) is 31.2 Å². The van der Waals surface area contributed by atoms with Crippen LogP contribution in [0.25, 0.3) is 0 Å². The van der Waals surface area contributed by atoms with Crippen LogP contribution >= 0.6 is 0 Å². The number of benzene rings is 1. The monoisotopic (exact) mass is 191 g/mol. The molecule has 1 heterocycles. The highest BCUT2D eigenvalue weighted by atomic mass is 16.5. The molecule has 0 saturated carbocycles. The molecule has 1 atom stereocenters. The molecule has 2 rings (SSSR count). The zero-order valence-electron chi connectivity index (χ0n) is 8.57. The van der Waals surface area contributed by atoms with Gasteiger partial charge in [-0.15, -0.1) is 0 Å².